The first-order chi connectivity index (χ1) is 8.85. The molecule has 0 radical (unpaired) electrons. The summed E-state index contributed by atoms with van der Waals surface area (Å²) in [6, 6.07) is 4.55. The van der Waals surface area contributed by atoms with Crippen molar-refractivity contribution in [2.45, 2.75) is 13.8 Å². The van der Waals surface area contributed by atoms with Crippen LogP contribution in [0, 0.1) is 11.2 Å². The first kappa shape index (κ1) is 13.8. The zero-order chi connectivity index (χ0) is 14.0. The van der Waals surface area contributed by atoms with Crippen LogP contribution in [-0.2, 0) is 0 Å². The summed E-state index contributed by atoms with van der Waals surface area (Å²) in [5, 5.41) is 3.28. The second kappa shape index (κ2) is 5.17. The molecule has 2 N–H and O–H groups in total. The quantitative estimate of drug-likeness (QED) is 0.872. The Balaban J connectivity index is 2.05. The molecule has 1 heterocycles. The van der Waals surface area contributed by atoms with Gasteiger partial charge in [-0.25, -0.2) is 9.37 Å². The highest BCUT2D eigenvalue weighted by Crippen LogP contribution is 2.19. The fourth-order valence-electron chi connectivity index (χ4n) is 2.30. The smallest absolute Gasteiger partial charge is 0.201 e. The van der Waals surface area contributed by atoms with E-state index in [1.807, 2.05) is 0 Å². The molecule has 0 aliphatic rings. The third-order valence-corrected chi connectivity index (χ3v) is 2.92. The second-order valence-electron chi connectivity index (χ2n) is 6.00. The van der Waals surface area contributed by atoms with Crippen LogP contribution >= 0.6 is 0 Å². The number of aromatic nitrogens is 2. The summed E-state index contributed by atoms with van der Waals surface area (Å²) in [5.41, 5.74) is 1.62. The maximum atomic E-state index is 13.1. The van der Waals surface area contributed by atoms with E-state index in [0.717, 1.165) is 18.6 Å². The van der Waals surface area contributed by atoms with E-state index in [4.69, 9.17) is 0 Å². The third kappa shape index (κ3) is 3.67. The van der Waals surface area contributed by atoms with Gasteiger partial charge in [0.15, 0.2) is 0 Å². The summed E-state index contributed by atoms with van der Waals surface area (Å²) >= 11 is 0. The molecule has 0 unspecified atom stereocenters. The van der Waals surface area contributed by atoms with Gasteiger partial charge >= 0.3 is 0 Å². The summed E-state index contributed by atoms with van der Waals surface area (Å²) in [4.78, 5) is 9.64. The van der Waals surface area contributed by atoms with Crippen LogP contribution in [-0.4, -0.2) is 42.1 Å². The molecule has 0 aliphatic heterocycles. The predicted octanol–water partition coefficient (Wildman–Crippen LogP) is 2.70. The van der Waals surface area contributed by atoms with Gasteiger partial charge < -0.3 is 15.2 Å². The van der Waals surface area contributed by atoms with Crippen LogP contribution in [0.1, 0.15) is 13.8 Å². The number of imidazole rings is 1. The Morgan fingerprint density at radius 1 is 1.37 bits per heavy atom. The zero-order valence-corrected chi connectivity index (χ0v) is 11.9. The number of benzene rings is 1. The standard InChI is InChI=1S/C14H21FN4/c1-14(2,9-19(3)4)8-16-13-17-11-6-5-10(15)7-12(11)18-13/h5-7H,8-9H2,1-4H3,(H2,16,17,18). The Morgan fingerprint density at radius 2 is 2.11 bits per heavy atom. The number of fused-ring (bicyclic) bond motifs is 1. The van der Waals surface area contributed by atoms with E-state index >= 15 is 0 Å². The van der Waals surface area contributed by atoms with Gasteiger partial charge in [0, 0.05) is 13.1 Å². The first-order valence-electron chi connectivity index (χ1n) is 6.40. The number of rotatable bonds is 5. The minimum atomic E-state index is -0.254. The molecule has 0 amide bonds. The van der Waals surface area contributed by atoms with Crippen LogP contribution < -0.4 is 5.32 Å². The lowest BCUT2D eigenvalue weighted by molar-refractivity contribution is 0.254. The monoisotopic (exact) mass is 264 g/mol. The minimum Gasteiger partial charge on any atom is -0.355 e. The number of nitrogens with zero attached hydrogens (tertiary/aromatic N) is 2. The highest BCUT2D eigenvalue weighted by molar-refractivity contribution is 5.77. The van der Waals surface area contributed by atoms with Gasteiger partial charge in [-0.1, -0.05) is 13.8 Å². The third-order valence-electron chi connectivity index (χ3n) is 2.92. The zero-order valence-electron chi connectivity index (χ0n) is 11.9. The van der Waals surface area contributed by atoms with Crippen molar-refractivity contribution < 1.29 is 4.39 Å². The Hall–Kier alpha value is -1.62. The van der Waals surface area contributed by atoms with Crippen LogP contribution in [0.25, 0.3) is 11.0 Å². The molecule has 0 atom stereocenters. The van der Waals surface area contributed by atoms with Gasteiger partial charge in [-0.05, 0) is 37.7 Å². The Bertz CT molecular complexity index is 560. The van der Waals surface area contributed by atoms with Crippen molar-refractivity contribution in [3.8, 4) is 0 Å². The van der Waals surface area contributed by atoms with E-state index in [-0.39, 0.29) is 11.2 Å². The number of halogens is 1. The van der Waals surface area contributed by atoms with Gasteiger partial charge in [0.25, 0.3) is 0 Å². The Kier molecular flexibility index (Phi) is 3.75. The van der Waals surface area contributed by atoms with Crippen molar-refractivity contribution in [1.29, 1.82) is 0 Å². The molecule has 0 fully saturated rings. The van der Waals surface area contributed by atoms with Crippen molar-refractivity contribution >= 4 is 17.0 Å². The second-order valence-corrected chi connectivity index (χ2v) is 6.00. The molecule has 19 heavy (non-hydrogen) atoms. The van der Waals surface area contributed by atoms with E-state index in [9.17, 15) is 4.39 Å². The summed E-state index contributed by atoms with van der Waals surface area (Å²) < 4.78 is 13.1. The van der Waals surface area contributed by atoms with Crippen molar-refractivity contribution in [2.75, 3.05) is 32.5 Å². The van der Waals surface area contributed by atoms with Crippen molar-refractivity contribution in [3.63, 3.8) is 0 Å². The van der Waals surface area contributed by atoms with Crippen molar-refractivity contribution in [2.24, 2.45) is 5.41 Å². The number of anilines is 1. The van der Waals surface area contributed by atoms with E-state index in [1.165, 1.54) is 12.1 Å². The molecule has 0 aliphatic carbocycles. The van der Waals surface area contributed by atoms with Crippen molar-refractivity contribution in [1.82, 2.24) is 14.9 Å². The lowest BCUT2D eigenvalue weighted by atomic mass is 9.93. The fraction of sp³-hybridized carbons (Fsp3) is 0.500. The molecule has 0 spiro atoms. The maximum absolute atomic E-state index is 13.1. The highest BCUT2D eigenvalue weighted by atomic mass is 19.1. The van der Waals surface area contributed by atoms with E-state index in [1.54, 1.807) is 6.07 Å². The van der Waals surface area contributed by atoms with Crippen LogP contribution in [0.3, 0.4) is 0 Å². The number of aromatic amines is 1. The molecule has 4 nitrogen and oxygen atoms in total. The molecule has 5 heteroatoms. The SMILES string of the molecule is CN(C)CC(C)(C)CNc1nc2ccc(F)cc2[nH]1. The summed E-state index contributed by atoms with van der Waals surface area (Å²) in [6.07, 6.45) is 0. The number of hydrogen-bond acceptors (Lipinski definition) is 3. The lowest BCUT2D eigenvalue weighted by Crippen LogP contribution is -2.34. The van der Waals surface area contributed by atoms with Gasteiger partial charge in [0.2, 0.25) is 5.95 Å². The van der Waals surface area contributed by atoms with Gasteiger partial charge in [-0.3, -0.25) is 0 Å². The lowest BCUT2D eigenvalue weighted by Gasteiger charge is -2.28. The molecule has 0 saturated heterocycles. The maximum Gasteiger partial charge on any atom is 0.201 e. The fourth-order valence-corrected chi connectivity index (χ4v) is 2.30. The number of hydrogen-bond donors (Lipinski definition) is 2. The summed E-state index contributed by atoms with van der Waals surface area (Å²) in [7, 11) is 4.12. The molecule has 1 aromatic carbocycles. The van der Waals surface area contributed by atoms with Gasteiger partial charge in [0.05, 0.1) is 11.0 Å². The molecule has 0 bridgehead atoms. The highest BCUT2D eigenvalue weighted by Gasteiger charge is 2.19. The molecule has 0 saturated carbocycles. The van der Waals surface area contributed by atoms with Crippen LogP contribution in [0.5, 0.6) is 0 Å². The number of nitrogens with one attached hydrogen (secondary N) is 2. The summed E-state index contributed by atoms with van der Waals surface area (Å²) in [6.45, 7) is 6.17. The van der Waals surface area contributed by atoms with Gasteiger partial charge in [-0.15, -0.1) is 0 Å². The molecule has 1 aromatic heterocycles. The topological polar surface area (TPSA) is 44.0 Å². The predicted molar refractivity (Wildman–Crippen MR) is 76.9 cm³/mol. The van der Waals surface area contributed by atoms with Gasteiger partial charge in [-0.2, -0.15) is 0 Å². The molecule has 2 aromatic rings. The average molecular weight is 264 g/mol. The van der Waals surface area contributed by atoms with Crippen LogP contribution in [0.15, 0.2) is 18.2 Å². The van der Waals surface area contributed by atoms with E-state index < -0.39 is 0 Å². The van der Waals surface area contributed by atoms with Crippen molar-refractivity contribution in [3.05, 3.63) is 24.0 Å². The normalized spacial score (nSPS) is 12.3. The van der Waals surface area contributed by atoms with Crippen LogP contribution in [0.4, 0.5) is 10.3 Å². The number of H-pyrrole nitrogens is 1. The Labute approximate surface area is 113 Å². The molecular formula is C14H21FN4. The largest absolute Gasteiger partial charge is 0.355 e. The first-order valence-corrected chi connectivity index (χ1v) is 6.40. The van der Waals surface area contributed by atoms with E-state index in [2.05, 4.69) is 48.1 Å². The molecule has 2 rings (SSSR count). The summed E-state index contributed by atoms with van der Waals surface area (Å²) in [5.74, 6) is 0.433. The Morgan fingerprint density at radius 3 is 2.79 bits per heavy atom. The minimum absolute atomic E-state index is 0.133. The average Bonchev–Trinajstić information content (AvgIpc) is 2.66. The molecule has 104 valence electrons. The van der Waals surface area contributed by atoms with Crippen LogP contribution in [0.2, 0.25) is 0 Å². The van der Waals surface area contributed by atoms with Gasteiger partial charge in [0.1, 0.15) is 5.82 Å². The van der Waals surface area contributed by atoms with E-state index in [0.29, 0.717) is 11.5 Å². The molecular weight excluding hydrogens is 243 g/mol.